The quantitative estimate of drug-likeness (QED) is 0.748. The zero-order valence-electron chi connectivity index (χ0n) is 9.43. The fourth-order valence-electron chi connectivity index (χ4n) is 2.20. The average Bonchev–Trinajstić information content (AvgIpc) is 2.61. The molecule has 16 heavy (non-hydrogen) atoms. The first-order chi connectivity index (χ1) is 7.47. The molecule has 0 aromatic rings. The molecule has 1 saturated heterocycles. The maximum Gasteiger partial charge on any atom is 0.405 e. The number of hydrogen-bond donors (Lipinski definition) is 0. The molecule has 1 rings (SSSR count). The van der Waals surface area contributed by atoms with Crippen molar-refractivity contribution in [2.45, 2.75) is 32.4 Å². The van der Waals surface area contributed by atoms with Gasteiger partial charge >= 0.3 is 6.18 Å². The zero-order chi connectivity index (χ0) is 12.2. The Morgan fingerprint density at radius 2 is 2.19 bits per heavy atom. The minimum absolute atomic E-state index is 0.166. The highest BCUT2D eigenvalue weighted by Crippen LogP contribution is 2.29. The van der Waals surface area contributed by atoms with E-state index in [9.17, 15) is 13.2 Å². The number of likely N-dealkylation sites (tertiary alicyclic amines) is 1. The number of hydrogen-bond acceptors (Lipinski definition) is 2. The zero-order valence-corrected chi connectivity index (χ0v) is 9.43. The van der Waals surface area contributed by atoms with Gasteiger partial charge in [0.2, 0.25) is 0 Å². The molecule has 1 heterocycles. The Hall–Kier alpha value is -0.760. The molecule has 0 N–H and O–H groups in total. The minimum atomic E-state index is -4.39. The summed E-state index contributed by atoms with van der Waals surface area (Å²) in [5.74, 6) is -1.33. The van der Waals surface area contributed by atoms with Crippen LogP contribution < -0.4 is 0 Å². The van der Waals surface area contributed by atoms with Crippen LogP contribution in [0, 0.1) is 23.2 Å². The van der Waals surface area contributed by atoms with E-state index < -0.39 is 12.1 Å². The molecule has 1 aliphatic heterocycles. The Morgan fingerprint density at radius 1 is 1.50 bits per heavy atom. The van der Waals surface area contributed by atoms with Crippen LogP contribution in [-0.2, 0) is 0 Å². The summed E-state index contributed by atoms with van der Waals surface area (Å²) in [4.78, 5) is 1.77. The molecule has 0 amide bonds. The van der Waals surface area contributed by atoms with E-state index in [2.05, 4.69) is 6.92 Å². The van der Waals surface area contributed by atoms with E-state index in [1.54, 1.807) is 4.90 Å². The summed E-state index contributed by atoms with van der Waals surface area (Å²) in [5.41, 5.74) is 0. The highest BCUT2D eigenvalue weighted by atomic mass is 19.4. The van der Waals surface area contributed by atoms with Crippen molar-refractivity contribution in [2.24, 2.45) is 11.8 Å². The molecule has 0 bridgehead atoms. The van der Waals surface area contributed by atoms with Gasteiger partial charge in [-0.05, 0) is 25.3 Å². The first-order valence-electron chi connectivity index (χ1n) is 5.66. The maximum absolute atomic E-state index is 12.4. The molecule has 2 atom stereocenters. The number of nitrogens with zero attached hydrogens (tertiary/aromatic N) is 2. The fraction of sp³-hybridized carbons (Fsp3) is 0.909. The normalized spacial score (nSPS) is 24.3. The van der Waals surface area contributed by atoms with Gasteiger partial charge < -0.3 is 4.90 Å². The van der Waals surface area contributed by atoms with Crippen LogP contribution in [-0.4, -0.2) is 30.7 Å². The molecule has 2 unspecified atom stereocenters. The number of rotatable bonds is 4. The maximum atomic E-state index is 12.4. The molecule has 1 aliphatic rings. The Morgan fingerprint density at radius 3 is 2.69 bits per heavy atom. The summed E-state index contributed by atoms with van der Waals surface area (Å²) in [5, 5.41) is 8.49. The largest absolute Gasteiger partial charge is 0.405 e. The Labute approximate surface area is 94.0 Å². The predicted octanol–water partition coefficient (Wildman–Crippen LogP) is 2.81. The lowest BCUT2D eigenvalue weighted by molar-refractivity contribution is -0.162. The van der Waals surface area contributed by atoms with Gasteiger partial charge in [-0.15, -0.1) is 0 Å². The molecular weight excluding hydrogens is 217 g/mol. The molecule has 2 nitrogen and oxygen atoms in total. The second kappa shape index (κ2) is 5.53. The van der Waals surface area contributed by atoms with Gasteiger partial charge in [-0.2, -0.15) is 18.4 Å². The highest BCUT2D eigenvalue weighted by molar-refractivity contribution is 4.92. The van der Waals surface area contributed by atoms with Gasteiger partial charge in [-0.3, -0.25) is 0 Å². The van der Waals surface area contributed by atoms with Gasteiger partial charge in [0.05, 0.1) is 6.07 Å². The lowest BCUT2D eigenvalue weighted by Gasteiger charge is -2.20. The number of nitriles is 1. The summed E-state index contributed by atoms with van der Waals surface area (Å²) in [6, 6.07) is 1.35. The Bertz CT molecular complexity index is 257. The molecule has 0 radical (unpaired) electrons. The van der Waals surface area contributed by atoms with Crippen molar-refractivity contribution in [3.05, 3.63) is 0 Å². The van der Waals surface area contributed by atoms with Crippen LogP contribution in [0.1, 0.15) is 26.2 Å². The summed E-state index contributed by atoms with van der Waals surface area (Å²) in [7, 11) is 0. The Balaban J connectivity index is 2.41. The van der Waals surface area contributed by atoms with Crippen molar-refractivity contribution >= 4 is 0 Å². The SMILES string of the molecule is CCCC1CCN(CC(C#N)C(F)(F)F)C1. The molecule has 0 aromatic heterocycles. The van der Waals surface area contributed by atoms with E-state index in [1.807, 2.05) is 0 Å². The standard InChI is InChI=1S/C11H17F3N2/c1-2-3-9-4-5-16(7-9)8-10(6-15)11(12,13)14/h9-10H,2-5,7-8H2,1H3. The summed E-state index contributed by atoms with van der Waals surface area (Å²) < 4.78 is 37.1. The van der Waals surface area contributed by atoms with Crippen LogP contribution in [0.3, 0.4) is 0 Å². The van der Waals surface area contributed by atoms with Crippen LogP contribution >= 0.6 is 0 Å². The molecule has 92 valence electrons. The predicted molar refractivity (Wildman–Crippen MR) is 54.6 cm³/mol. The monoisotopic (exact) mass is 234 g/mol. The molecule has 1 fully saturated rings. The smallest absolute Gasteiger partial charge is 0.301 e. The third-order valence-corrected chi connectivity index (χ3v) is 3.06. The van der Waals surface area contributed by atoms with Gasteiger partial charge in [0, 0.05) is 13.1 Å². The van der Waals surface area contributed by atoms with Crippen LogP contribution in [0.15, 0.2) is 0 Å². The van der Waals surface area contributed by atoms with Gasteiger partial charge in [0.1, 0.15) is 0 Å². The van der Waals surface area contributed by atoms with Gasteiger partial charge in [-0.25, -0.2) is 0 Å². The molecule has 5 heteroatoms. The first-order valence-corrected chi connectivity index (χ1v) is 5.66. The third-order valence-electron chi connectivity index (χ3n) is 3.06. The van der Waals surface area contributed by atoms with Gasteiger partial charge in [0.25, 0.3) is 0 Å². The van der Waals surface area contributed by atoms with Crippen molar-refractivity contribution in [3.63, 3.8) is 0 Å². The van der Waals surface area contributed by atoms with Crippen molar-refractivity contribution in [2.75, 3.05) is 19.6 Å². The number of halogens is 3. The van der Waals surface area contributed by atoms with Crippen LogP contribution in [0.2, 0.25) is 0 Å². The lowest BCUT2D eigenvalue weighted by atomic mass is 10.0. The summed E-state index contributed by atoms with van der Waals surface area (Å²) in [6.45, 7) is 3.32. The average molecular weight is 234 g/mol. The molecule has 0 saturated carbocycles. The first kappa shape index (κ1) is 13.3. The van der Waals surface area contributed by atoms with Crippen LogP contribution in [0.25, 0.3) is 0 Å². The van der Waals surface area contributed by atoms with E-state index >= 15 is 0 Å². The number of alkyl halides is 3. The molecule has 0 aromatic carbocycles. The van der Waals surface area contributed by atoms with Gasteiger partial charge in [-0.1, -0.05) is 13.3 Å². The van der Waals surface area contributed by atoms with Gasteiger partial charge in [0.15, 0.2) is 5.92 Å². The van der Waals surface area contributed by atoms with Crippen LogP contribution in [0.4, 0.5) is 13.2 Å². The van der Waals surface area contributed by atoms with Crippen molar-refractivity contribution < 1.29 is 13.2 Å². The second-order valence-electron chi connectivity index (χ2n) is 4.43. The summed E-state index contributed by atoms with van der Waals surface area (Å²) >= 11 is 0. The second-order valence-corrected chi connectivity index (χ2v) is 4.43. The van der Waals surface area contributed by atoms with Crippen molar-refractivity contribution in [1.29, 1.82) is 5.26 Å². The van der Waals surface area contributed by atoms with E-state index in [0.717, 1.165) is 19.3 Å². The molecular formula is C11H17F3N2. The van der Waals surface area contributed by atoms with E-state index in [1.165, 1.54) is 6.07 Å². The topological polar surface area (TPSA) is 27.0 Å². The van der Waals surface area contributed by atoms with Crippen molar-refractivity contribution in [3.8, 4) is 6.07 Å². The summed E-state index contributed by atoms with van der Waals surface area (Å²) in [6.07, 6.45) is -1.29. The highest BCUT2D eigenvalue weighted by Gasteiger charge is 2.41. The van der Waals surface area contributed by atoms with E-state index in [4.69, 9.17) is 5.26 Å². The third kappa shape index (κ3) is 3.67. The minimum Gasteiger partial charge on any atom is -0.301 e. The lowest BCUT2D eigenvalue weighted by Crippen LogP contribution is -2.34. The van der Waals surface area contributed by atoms with E-state index in [-0.39, 0.29) is 6.54 Å². The Kier molecular flexibility index (Phi) is 4.60. The van der Waals surface area contributed by atoms with Crippen LogP contribution in [0.5, 0.6) is 0 Å². The molecule has 0 aliphatic carbocycles. The van der Waals surface area contributed by atoms with Crippen molar-refractivity contribution in [1.82, 2.24) is 4.90 Å². The van der Waals surface area contributed by atoms with E-state index in [0.29, 0.717) is 19.0 Å². The molecule has 0 spiro atoms. The fourth-order valence-corrected chi connectivity index (χ4v) is 2.20.